The van der Waals surface area contributed by atoms with E-state index in [1.165, 1.54) is 5.56 Å². The van der Waals surface area contributed by atoms with Gasteiger partial charge in [0.05, 0.1) is 13.0 Å². The first-order valence-electron chi connectivity index (χ1n) is 7.50. The predicted molar refractivity (Wildman–Crippen MR) is 87.6 cm³/mol. The molecule has 0 aliphatic rings. The Labute approximate surface area is 131 Å². The van der Waals surface area contributed by atoms with Gasteiger partial charge in [0, 0.05) is 5.56 Å². The lowest BCUT2D eigenvalue weighted by Crippen LogP contribution is -2.16. The number of rotatable bonds is 6. The van der Waals surface area contributed by atoms with Crippen LogP contribution in [0.4, 0.5) is 0 Å². The van der Waals surface area contributed by atoms with Crippen molar-refractivity contribution >= 4 is 5.97 Å². The van der Waals surface area contributed by atoms with Gasteiger partial charge in [-0.25, -0.2) is 0 Å². The lowest BCUT2D eigenvalue weighted by Gasteiger charge is -2.17. The molecule has 0 radical (unpaired) electrons. The molecule has 22 heavy (non-hydrogen) atoms. The van der Waals surface area contributed by atoms with E-state index >= 15 is 0 Å². The van der Waals surface area contributed by atoms with Crippen molar-refractivity contribution in [1.82, 2.24) is 0 Å². The van der Waals surface area contributed by atoms with E-state index < -0.39 is 11.9 Å². The maximum atomic E-state index is 11.8. The number of aliphatic carboxylic acids is 1. The fourth-order valence-electron chi connectivity index (χ4n) is 2.57. The Hall–Kier alpha value is -2.29. The molecular weight excluding hydrogens is 276 g/mol. The second-order valence-electron chi connectivity index (χ2n) is 5.51. The average Bonchev–Trinajstić information content (AvgIpc) is 2.53. The van der Waals surface area contributed by atoms with Crippen molar-refractivity contribution in [1.29, 1.82) is 0 Å². The number of methoxy groups -OCH3 is 1. The highest BCUT2D eigenvalue weighted by atomic mass is 16.5. The summed E-state index contributed by atoms with van der Waals surface area (Å²) < 4.78 is 5.37. The summed E-state index contributed by atoms with van der Waals surface area (Å²) >= 11 is 0. The molecule has 0 aliphatic carbocycles. The zero-order valence-electron chi connectivity index (χ0n) is 13.3. The van der Waals surface area contributed by atoms with Gasteiger partial charge in [-0.1, -0.05) is 48.9 Å². The number of ether oxygens (including phenoxy) is 1. The third-order valence-corrected chi connectivity index (χ3v) is 3.94. The molecule has 0 heterocycles. The summed E-state index contributed by atoms with van der Waals surface area (Å²) in [5, 5.41) is 9.67. The van der Waals surface area contributed by atoms with E-state index in [4.69, 9.17) is 4.74 Å². The monoisotopic (exact) mass is 298 g/mol. The molecule has 2 aromatic rings. The number of carboxylic acid groups (broad SMARTS) is 1. The predicted octanol–water partition coefficient (Wildman–Crippen LogP) is 3.98. The molecule has 1 unspecified atom stereocenters. The second-order valence-corrected chi connectivity index (χ2v) is 5.51. The summed E-state index contributed by atoms with van der Waals surface area (Å²) in [7, 11) is 1.58. The smallest absolute Gasteiger partial charge is 0.311 e. The Morgan fingerprint density at radius 2 is 1.77 bits per heavy atom. The van der Waals surface area contributed by atoms with Crippen molar-refractivity contribution in [2.75, 3.05) is 7.11 Å². The van der Waals surface area contributed by atoms with Gasteiger partial charge in [-0.2, -0.15) is 0 Å². The van der Waals surface area contributed by atoms with Gasteiger partial charge in [-0.05, 0) is 37.0 Å². The van der Waals surface area contributed by atoms with E-state index in [0.717, 1.165) is 23.1 Å². The van der Waals surface area contributed by atoms with Crippen LogP contribution in [0.1, 0.15) is 35.1 Å². The van der Waals surface area contributed by atoms with E-state index in [0.29, 0.717) is 12.2 Å². The Morgan fingerprint density at radius 1 is 1.14 bits per heavy atom. The molecule has 1 atom stereocenters. The molecule has 0 amide bonds. The number of hydrogen-bond donors (Lipinski definition) is 1. The first kappa shape index (κ1) is 16.1. The van der Waals surface area contributed by atoms with Crippen LogP contribution < -0.4 is 4.74 Å². The zero-order chi connectivity index (χ0) is 16.1. The van der Waals surface area contributed by atoms with Crippen LogP contribution >= 0.6 is 0 Å². The SMILES string of the molecule is CCc1ccc(OC)c(C(Cc2ccc(C)cc2)C(=O)O)c1. The summed E-state index contributed by atoms with van der Waals surface area (Å²) in [5.74, 6) is -0.798. The summed E-state index contributed by atoms with van der Waals surface area (Å²) in [6, 6.07) is 13.8. The largest absolute Gasteiger partial charge is 0.496 e. The number of aryl methyl sites for hydroxylation is 2. The molecule has 2 aromatic carbocycles. The van der Waals surface area contributed by atoms with Gasteiger partial charge in [0.1, 0.15) is 5.75 Å². The molecule has 0 aliphatic heterocycles. The van der Waals surface area contributed by atoms with Crippen molar-refractivity contribution < 1.29 is 14.6 Å². The molecule has 0 saturated heterocycles. The van der Waals surface area contributed by atoms with Crippen molar-refractivity contribution in [2.45, 2.75) is 32.6 Å². The highest BCUT2D eigenvalue weighted by Crippen LogP contribution is 2.31. The van der Waals surface area contributed by atoms with Crippen LogP contribution in [-0.2, 0) is 17.6 Å². The van der Waals surface area contributed by atoms with Crippen molar-refractivity contribution in [3.8, 4) is 5.75 Å². The average molecular weight is 298 g/mol. The third kappa shape index (κ3) is 3.67. The fraction of sp³-hybridized carbons (Fsp3) is 0.316. The third-order valence-electron chi connectivity index (χ3n) is 3.94. The van der Waals surface area contributed by atoms with Gasteiger partial charge < -0.3 is 9.84 Å². The summed E-state index contributed by atoms with van der Waals surface area (Å²) in [6.45, 7) is 4.08. The Kier molecular flexibility index (Phi) is 5.21. The van der Waals surface area contributed by atoms with E-state index in [1.807, 2.05) is 49.4 Å². The summed E-state index contributed by atoms with van der Waals surface area (Å²) in [6.07, 6.45) is 1.33. The number of carboxylic acids is 1. The normalized spacial score (nSPS) is 12.0. The minimum atomic E-state index is -0.827. The van der Waals surface area contributed by atoms with Crippen molar-refractivity contribution in [3.05, 3.63) is 64.7 Å². The minimum Gasteiger partial charge on any atom is -0.496 e. The van der Waals surface area contributed by atoms with Crippen molar-refractivity contribution in [3.63, 3.8) is 0 Å². The van der Waals surface area contributed by atoms with Gasteiger partial charge in [-0.3, -0.25) is 4.79 Å². The van der Waals surface area contributed by atoms with Gasteiger partial charge in [0.2, 0.25) is 0 Å². The quantitative estimate of drug-likeness (QED) is 0.877. The molecule has 2 rings (SSSR count). The highest BCUT2D eigenvalue weighted by Gasteiger charge is 2.24. The van der Waals surface area contributed by atoms with Crippen LogP contribution in [0.25, 0.3) is 0 Å². The van der Waals surface area contributed by atoms with Crippen molar-refractivity contribution in [2.24, 2.45) is 0 Å². The van der Waals surface area contributed by atoms with Crippen LogP contribution in [0.5, 0.6) is 5.75 Å². The molecule has 0 fully saturated rings. The van der Waals surface area contributed by atoms with Crippen LogP contribution in [0, 0.1) is 6.92 Å². The van der Waals surface area contributed by atoms with Gasteiger partial charge in [-0.15, -0.1) is 0 Å². The molecule has 3 nitrogen and oxygen atoms in total. The standard InChI is InChI=1S/C19H22O3/c1-4-14-9-10-18(22-3)16(11-14)17(19(20)21)12-15-7-5-13(2)6-8-15/h5-11,17H,4,12H2,1-3H3,(H,20,21). The number of benzene rings is 2. The summed E-state index contributed by atoms with van der Waals surface area (Å²) in [5.41, 5.74) is 4.05. The van der Waals surface area contributed by atoms with E-state index in [2.05, 4.69) is 6.92 Å². The van der Waals surface area contributed by atoms with E-state index in [1.54, 1.807) is 7.11 Å². The first-order chi connectivity index (χ1) is 10.5. The molecule has 0 saturated carbocycles. The Balaban J connectivity index is 2.39. The van der Waals surface area contributed by atoms with Gasteiger partial charge in [0.15, 0.2) is 0 Å². The molecule has 116 valence electrons. The molecule has 0 aromatic heterocycles. The number of hydrogen-bond acceptors (Lipinski definition) is 2. The molecule has 1 N–H and O–H groups in total. The van der Waals surface area contributed by atoms with E-state index in [-0.39, 0.29) is 0 Å². The first-order valence-corrected chi connectivity index (χ1v) is 7.50. The van der Waals surface area contributed by atoms with Gasteiger partial charge in [0.25, 0.3) is 0 Å². The van der Waals surface area contributed by atoms with Crippen LogP contribution in [-0.4, -0.2) is 18.2 Å². The van der Waals surface area contributed by atoms with Crippen LogP contribution in [0.2, 0.25) is 0 Å². The molecular formula is C19H22O3. The zero-order valence-corrected chi connectivity index (χ0v) is 13.3. The lowest BCUT2D eigenvalue weighted by atomic mass is 9.89. The topological polar surface area (TPSA) is 46.5 Å². The summed E-state index contributed by atoms with van der Waals surface area (Å²) in [4.78, 5) is 11.8. The van der Waals surface area contributed by atoms with Crippen LogP contribution in [0.15, 0.2) is 42.5 Å². The van der Waals surface area contributed by atoms with E-state index in [9.17, 15) is 9.90 Å². The maximum absolute atomic E-state index is 11.8. The second kappa shape index (κ2) is 7.12. The number of carbonyl (C=O) groups is 1. The minimum absolute atomic E-state index is 0.457. The molecule has 0 spiro atoms. The fourth-order valence-corrected chi connectivity index (χ4v) is 2.57. The molecule has 0 bridgehead atoms. The Morgan fingerprint density at radius 3 is 2.32 bits per heavy atom. The highest BCUT2D eigenvalue weighted by molar-refractivity contribution is 5.78. The Bertz CT molecular complexity index is 644. The van der Waals surface area contributed by atoms with Gasteiger partial charge >= 0.3 is 5.97 Å². The maximum Gasteiger partial charge on any atom is 0.311 e. The molecule has 3 heteroatoms. The van der Waals surface area contributed by atoms with Crippen LogP contribution in [0.3, 0.4) is 0 Å². The lowest BCUT2D eigenvalue weighted by molar-refractivity contribution is -0.138.